The monoisotopic (exact) mass is 319 g/mol. The molecule has 1 atom stereocenters. The van der Waals surface area contributed by atoms with Crippen molar-refractivity contribution in [2.45, 2.75) is 25.8 Å². The zero-order valence-corrected chi connectivity index (χ0v) is 13.9. The SMILES string of the molecule is Cc1ccc(-c2nnc([C@H]3CCN(Cc4ccccc4)C3)o2)cc1. The summed E-state index contributed by atoms with van der Waals surface area (Å²) >= 11 is 0. The molecule has 0 aliphatic carbocycles. The molecule has 0 amide bonds. The van der Waals surface area contributed by atoms with Crippen LogP contribution in [0.15, 0.2) is 59.0 Å². The Balaban J connectivity index is 1.43. The van der Waals surface area contributed by atoms with Crippen molar-refractivity contribution in [3.05, 3.63) is 71.6 Å². The number of rotatable bonds is 4. The van der Waals surface area contributed by atoms with Crippen molar-refractivity contribution in [1.82, 2.24) is 15.1 Å². The molecular formula is C20H21N3O. The second kappa shape index (κ2) is 6.57. The van der Waals surface area contributed by atoms with Crippen LogP contribution >= 0.6 is 0 Å². The van der Waals surface area contributed by atoms with E-state index in [2.05, 4.69) is 64.5 Å². The van der Waals surface area contributed by atoms with Crippen molar-refractivity contribution < 1.29 is 4.42 Å². The van der Waals surface area contributed by atoms with Crippen molar-refractivity contribution >= 4 is 0 Å². The number of aryl methyl sites for hydroxylation is 1. The molecule has 1 aliphatic rings. The molecule has 1 aliphatic heterocycles. The highest BCUT2D eigenvalue weighted by atomic mass is 16.4. The van der Waals surface area contributed by atoms with E-state index in [4.69, 9.17) is 4.42 Å². The Labute approximate surface area is 142 Å². The minimum Gasteiger partial charge on any atom is -0.420 e. The van der Waals surface area contributed by atoms with Crippen LogP contribution in [0.4, 0.5) is 0 Å². The molecular weight excluding hydrogens is 298 g/mol. The fourth-order valence-electron chi connectivity index (χ4n) is 3.23. The summed E-state index contributed by atoms with van der Waals surface area (Å²) in [7, 11) is 0. The normalized spacial score (nSPS) is 18.1. The van der Waals surface area contributed by atoms with Crippen LogP contribution in [0.3, 0.4) is 0 Å². The second-order valence-electron chi connectivity index (χ2n) is 6.52. The van der Waals surface area contributed by atoms with Gasteiger partial charge in [0.25, 0.3) is 0 Å². The van der Waals surface area contributed by atoms with Crippen molar-refractivity contribution in [2.24, 2.45) is 0 Å². The van der Waals surface area contributed by atoms with Crippen molar-refractivity contribution in [1.29, 1.82) is 0 Å². The molecule has 1 saturated heterocycles. The van der Waals surface area contributed by atoms with E-state index in [0.29, 0.717) is 11.8 Å². The van der Waals surface area contributed by atoms with Crippen molar-refractivity contribution in [3.8, 4) is 11.5 Å². The first-order valence-electron chi connectivity index (χ1n) is 8.44. The Morgan fingerprint density at radius 2 is 1.83 bits per heavy atom. The lowest BCUT2D eigenvalue weighted by molar-refractivity contribution is 0.320. The van der Waals surface area contributed by atoms with E-state index in [0.717, 1.165) is 37.5 Å². The number of aromatic nitrogens is 2. The van der Waals surface area contributed by atoms with Crippen LogP contribution in [-0.4, -0.2) is 28.2 Å². The molecule has 3 aromatic rings. The summed E-state index contributed by atoms with van der Waals surface area (Å²) in [5, 5.41) is 8.53. The largest absolute Gasteiger partial charge is 0.420 e. The predicted molar refractivity (Wildman–Crippen MR) is 93.5 cm³/mol. The quantitative estimate of drug-likeness (QED) is 0.728. The fourth-order valence-corrected chi connectivity index (χ4v) is 3.23. The molecule has 24 heavy (non-hydrogen) atoms. The lowest BCUT2D eigenvalue weighted by Crippen LogP contribution is -2.19. The molecule has 0 unspecified atom stereocenters. The lowest BCUT2D eigenvalue weighted by atomic mass is 10.1. The summed E-state index contributed by atoms with van der Waals surface area (Å²) in [4.78, 5) is 2.45. The Morgan fingerprint density at radius 1 is 1.04 bits per heavy atom. The first-order valence-corrected chi connectivity index (χ1v) is 8.44. The molecule has 4 nitrogen and oxygen atoms in total. The maximum atomic E-state index is 5.94. The van der Waals surface area contributed by atoms with Crippen LogP contribution in [0.25, 0.3) is 11.5 Å². The number of nitrogens with zero attached hydrogens (tertiary/aromatic N) is 3. The molecule has 0 N–H and O–H groups in total. The number of benzene rings is 2. The lowest BCUT2D eigenvalue weighted by Gasteiger charge is -2.14. The maximum absolute atomic E-state index is 5.94. The molecule has 4 rings (SSSR count). The van der Waals surface area contributed by atoms with Crippen LogP contribution in [0.5, 0.6) is 0 Å². The summed E-state index contributed by atoms with van der Waals surface area (Å²) in [6, 6.07) is 18.8. The highest BCUT2D eigenvalue weighted by Crippen LogP contribution is 2.29. The highest BCUT2D eigenvalue weighted by molar-refractivity contribution is 5.52. The van der Waals surface area contributed by atoms with E-state index < -0.39 is 0 Å². The van der Waals surface area contributed by atoms with Crippen LogP contribution in [0.2, 0.25) is 0 Å². The van der Waals surface area contributed by atoms with Crippen LogP contribution in [-0.2, 0) is 6.54 Å². The van der Waals surface area contributed by atoms with E-state index in [-0.39, 0.29) is 0 Å². The van der Waals surface area contributed by atoms with Crippen LogP contribution in [0.1, 0.15) is 29.4 Å². The molecule has 2 aromatic carbocycles. The first-order chi connectivity index (χ1) is 11.8. The van der Waals surface area contributed by atoms with Gasteiger partial charge in [-0.25, -0.2) is 0 Å². The third kappa shape index (κ3) is 3.24. The minimum absolute atomic E-state index is 0.334. The summed E-state index contributed by atoms with van der Waals surface area (Å²) in [5.74, 6) is 1.72. The number of hydrogen-bond acceptors (Lipinski definition) is 4. The fraction of sp³-hybridized carbons (Fsp3) is 0.300. The zero-order valence-electron chi connectivity index (χ0n) is 13.9. The Hall–Kier alpha value is -2.46. The van der Waals surface area contributed by atoms with Gasteiger partial charge in [-0.15, -0.1) is 10.2 Å². The Bertz CT molecular complexity index is 795. The van der Waals surface area contributed by atoms with Gasteiger partial charge in [0, 0.05) is 18.7 Å². The molecule has 4 heteroatoms. The molecule has 122 valence electrons. The maximum Gasteiger partial charge on any atom is 0.247 e. The molecule has 0 spiro atoms. The molecule has 0 radical (unpaired) electrons. The highest BCUT2D eigenvalue weighted by Gasteiger charge is 2.28. The van der Waals surface area contributed by atoms with Crippen molar-refractivity contribution in [3.63, 3.8) is 0 Å². The molecule has 1 fully saturated rings. The topological polar surface area (TPSA) is 42.2 Å². The Kier molecular flexibility index (Phi) is 4.13. The molecule has 2 heterocycles. The summed E-state index contributed by atoms with van der Waals surface area (Å²) < 4.78 is 5.94. The van der Waals surface area contributed by atoms with Crippen LogP contribution < -0.4 is 0 Å². The summed E-state index contributed by atoms with van der Waals surface area (Å²) in [5.41, 5.74) is 3.56. The van der Waals surface area contributed by atoms with E-state index in [9.17, 15) is 0 Å². The predicted octanol–water partition coefficient (Wildman–Crippen LogP) is 4.03. The van der Waals surface area contributed by atoms with E-state index in [1.807, 2.05) is 12.1 Å². The summed E-state index contributed by atoms with van der Waals surface area (Å²) in [6.07, 6.45) is 1.07. The molecule has 0 saturated carbocycles. The Morgan fingerprint density at radius 3 is 2.62 bits per heavy atom. The van der Waals surface area contributed by atoms with Gasteiger partial charge in [0.15, 0.2) is 0 Å². The second-order valence-corrected chi connectivity index (χ2v) is 6.52. The van der Waals surface area contributed by atoms with Gasteiger partial charge in [0.05, 0.1) is 5.92 Å². The van der Waals surface area contributed by atoms with Gasteiger partial charge < -0.3 is 4.42 Å². The third-order valence-electron chi connectivity index (χ3n) is 4.61. The zero-order chi connectivity index (χ0) is 16.4. The first kappa shape index (κ1) is 15.1. The average Bonchev–Trinajstić information content (AvgIpc) is 3.26. The van der Waals surface area contributed by atoms with Gasteiger partial charge in [-0.2, -0.15) is 0 Å². The number of likely N-dealkylation sites (tertiary alicyclic amines) is 1. The van der Waals surface area contributed by atoms with Gasteiger partial charge >= 0.3 is 0 Å². The molecule has 1 aromatic heterocycles. The number of hydrogen-bond donors (Lipinski definition) is 0. The van der Waals surface area contributed by atoms with Gasteiger partial charge in [0.2, 0.25) is 11.8 Å². The summed E-state index contributed by atoms with van der Waals surface area (Å²) in [6.45, 7) is 5.10. The standard InChI is InChI=1S/C20H21N3O/c1-15-7-9-17(10-8-15)19-21-22-20(24-19)18-11-12-23(14-18)13-16-5-3-2-4-6-16/h2-10,18H,11-14H2,1H3/t18-/m0/s1. The van der Waals surface area contributed by atoms with E-state index in [1.165, 1.54) is 11.1 Å². The smallest absolute Gasteiger partial charge is 0.247 e. The minimum atomic E-state index is 0.334. The van der Waals surface area contributed by atoms with Gasteiger partial charge in [-0.05, 0) is 37.6 Å². The van der Waals surface area contributed by atoms with Crippen LogP contribution in [0, 0.1) is 6.92 Å². The third-order valence-corrected chi connectivity index (χ3v) is 4.61. The van der Waals surface area contributed by atoms with E-state index >= 15 is 0 Å². The van der Waals surface area contributed by atoms with E-state index in [1.54, 1.807) is 0 Å². The van der Waals surface area contributed by atoms with Crippen molar-refractivity contribution in [2.75, 3.05) is 13.1 Å². The average molecular weight is 319 g/mol. The van der Waals surface area contributed by atoms with Gasteiger partial charge in [-0.3, -0.25) is 4.90 Å². The van der Waals surface area contributed by atoms with Gasteiger partial charge in [-0.1, -0.05) is 48.0 Å². The molecule has 0 bridgehead atoms. The van der Waals surface area contributed by atoms with Gasteiger partial charge in [0.1, 0.15) is 0 Å².